The van der Waals surface area contributed by atoms with Crippen molar-refractivity contribution in [1.82, 2.24) is 4.98 Å². The summed E-state index contributed by atoms with van der Waals surface area (Å²) in [4.78, 5) is 32.4. The smallest absolute Gasteiger partial charge is 0.331 e. The number of rotatable bonds is 11. The van der Waals surface area contributed by atoms with Crippen LogP contribution in [0.25, 0.3) is 10.9 Å². The number of aliphatic carboxylic acids is 1. The summed E-state index contributed by atoms with van der Waals surface area (Å²) in [5, 5.41) is 10.3. The van der Waals surface area contributed by atoms with Gasteiger partial charge in [-0.3, -0.25) is 4.79 Å². The Bertz CT molecular complexity index is 1350. The van der Waals surface area contributed by atoms with Gasteiger partial charge in [0.05, 0.1) is 12.5 Å². The monoisotopic (exact) mass is 499 g/mol. The van der Waals surface area contributed by atoms with Gasteiger partial charge in [0, 0.05) is 23.5 Å². The highest BCUT2D eigenvalue weighted by molar-refractivity contribution is 5.89. The number of aromatic nitrogens is 1. The zero-order valence-corrected chi connectivity index (χ0v) is 20.2. The molecule has 4 N–H and O–H groups in total. The lowest BCUT2D eigenvalue weighted by Crippen LogP contribution is -2.37. The summed E-state index contributed by atoms with van der Waals surface area (Å²) < 4.78 is 11.5. The van der Waals surface area contributed by atoms with Crippen molar-refractivity contribution in [1.29, 1.82) is 0 Å². The van der Waals surface area contributed by atoms with Crippen molar-refractivity contribution in [2.24, 2.45) is 10.7 Å². The summed E-state index contributed by atoms with van der Waals surface area (Å²) >= 11 is 0. The molecule has 190 valence electrons. The van der Waals surface area contributed by atoms with E-state index in [1.807, 2.05) is 91.1 Å². The van der Waals surface area contributed by atoms with Crippen LogP contribution in [-0.2, 0) is 38.7 Å². The van der Waals surface area contributed by atoms with Crippen molar-refractivity contribution in [2.75, 3.05) is 0 Å². The fourth-order valence-corrected chi connectivity index (χ4v) is 3.92. The Labute approximate surface area is 214 Å². The average molecular weight is 500 g/mol. The van der Waals surface area contributed by atoms with Gasteiger partial charge in [-0.2, -0.15) is 0 Å². The molecule has 1 aromatic heterocycles. The van der Waals surface area contributed by atoms with E-state index in [1.54, 1.807) is 0 Å². The number of aromatic amines is 1. The lowest BCUT2D eigenvalue weighted by atomic mass is 10.0. The SMILES string of the molecule is NC(CC(=O)O)C(=NC(Cc1c[nH]c2ccccc12)C(=O)OCc1ccccc1)OCc1ccccc1. The van der Waals surface area contributed by atoms with Gasteiger partial charge in [0.25, 0.3) is 0 Å². The van der Waals surface area contributed by atoms with E-state index in [0.29, 0.717) is 0 Å². The number of para-hydroxylation sites is 1. The number of hydrogen-bond donors (Lipinski definition) is 3. The number of nitrogens with zero attached hydrogens (tertiary/aromatic N) is 1. The van der Waals surface area contributed by atoms with Crippen LogP contribution in [0.15, 0.2) is 96.1 Å². The summed E-state index contributed by atoms with van der Waals surface area (Å²) in [5.41, 5.74) is 9.67. The molecule has 0 radical (unpaired) electrons. The molecular weight excluding hydrogens is 470 g/mol. The van der Waals surface area contributed by atoms with Crippen LogP contribution in [-0.4, -0.2) is 40.0 Å². The number of H-pyrrole nitrogens is 1. The van der Waals surface area contributed by atoms with Crippen molar-refractivity contribution in [3.05, 3.63) is 108 Å². The maximum absolute atomic E-state index is 13.3. The first-order valence-electron chi connectivity index (χ1n) is 12.0. The van der Waals surface area contributed by atoms with Crippen molar-refractivity contribution in [2.45, 2.75) is 38.1 Å². The Hall–Kier alpha value is -4.43. The van der Waals surface area contributed by atoms with Crippen LogP contribution in [0.1, 0.15) is 23.1 Å². The number of carboxylic acid groups (broad SMARTS) is 1. The van der Waals surface area contributed by atoms with E-state index in [0.717, 1.165) is 27.6 Å². The number of carboxylic acids is 1. The van der Waals surface area contributed by atoms with E-state index in [2.05, 4.69) is 9.98 Å². The number of carbonyl (C=O) groups excluding carboxylic acids is 1. The molecule has 0 fully saturated rings. The van der Waals surface area contributed by atoms with Gasteiger partial charge in [0.1, 0.15) is 13.2 Å². The molecule has 4 aromatic rings. The van der Waals surface area contributed by atoms with Crippen LogP contribution < -0.4 is 5.73 Å². The van der Waals surface area contributed by atoms with Crippen molar-refractivity contribution in [3.63, 3.8) is 0 Å². The molecule has 8 heteroatoms. The number of hydrogen-bond acceptors (Lipinski definition) is 6. The minimum absolute atomic E-state index is 0.00671. The Balaban J connectivity index is 1.62. The van der Waals surface area contributed by atoms with Crippen LogP contribution in [0, 0.1) is 0 Å². The Kier molecular flexibility index (Phi) is 8.67. The number of esters is 1. The van der Waals surface area contributed by atoms with Gasteiger partial charge < -0.3 is 25.3 Å². The highest BCUT2D eigenvalue weighted by Crippen LogP contribution is 2.21. The second-order valence-corrected chi connectivity index (χ2v) is 8.62. The zero-order chi connectivity index (χ0) is 26.0. The second-order valence-electron chi connectivity index (χ2n) is 8.62. The molecule has 2 atom stereocenters. The van der Waals surface area contributed by atoms with Crippen molar-refractivity contribution in [3.8, 4) is 0 Å². The lowest BCUT2D eigenvalue weighted by Gasteiger charge is -2.19. The first-order valence-corrected chi connectivity index (χ1v) is 12.0. The maximum atomic E-state index is 13.3. The summed E-state index contributed by atoms with van der Waals surface area (Å²) in [5.74, 6) is -1.66. The fourth-order valence-electron chi connectivity index (χ4n) is 3.92. The van der Waals surface area contributed by atoms with Crippen LogP contribution >= 0.6 is 0 Å². The molecule has 2 unspecified atom stereocenters. The maximum Gasteiger partial charge on any atom is 0.331 e. The molecule has 8 nitrogen and oxygen atoms in total. The minimum atomic E-state index is -1.09. The quantitative estimate of drug-likeness (QED) is 0.161. The molecule has 3 aromatic carbocycles. The predicted molar refractivity (Wildman–Crippen MR) is 141 cm³/mol. The minimum Gasteiger partial charge on any atom is -0.481 e. The number of nitrogens with one attached hydrogen (secondary N) is 1. The topological polar surface area (TPSA) is 127 Å². The van der Waals surface area contributed by atoms with E-state index < -0.39 is 30.4 Å². The highest BCUT2D eigenvalue weighted by Gasteiger charge is 2.26. The van der Waals surface area contributed by atoms with Gasteiger partial charge in [-0.15, -0.1) is 0 Å². The average Bonchev–Trinajstić information content (AvgIpc) is 3.32. The normalized spacial score (nSPS) is 13.2. The summed E-state index contributed by atoms with van der Waals surface area (Å²) in [6, 6.07) is 24.4. The summed E-state index contributed by atoms with van der Waals surface area (Å²) in [6.07, 6.45) is 1.65. The van der Waals surface area contributed by atoms with Gasteiger partial charge >= 0.3 is 11.9 Å². The molecule has 0 aliphatic rings. The molecule has 0 saturated carbocycles. The first kappa shape index (κ1) is 25.7. The van der Waals surface area contributed by atoms with Gasteiger partial charge in [0.15, 0.2) is 6.04 Å². The summed E-state index contributed by atoms with van der Waals surface area (Å²) in [7, 11) is 0. The largest absolute Gasteiger partial charge is 0.481 e. The molecule has 37 heavy (non-hydrogen) atoms. The number of carbonyl (C=O) groups is 2. The molecule has 0 bridgehead atoms. The fraction of sp³-hybridized carbons (Fsp3) is 0.207. The van der Waals surface area contributed by atoms with Crippen LogP contribution in [0.2, 0.25) is 0 Å². The number of fused-ring (bicyclic) bond motifs is 1. The number of nitrogens with two attached hydrogens (primary N) is 1. The molecule has 4 rings (SSSR count). The third-order valence-electron chi connectivity index (χ3n) is 5.81. The zero-order valence-electron chi connectivity index (χ0n) is 20.2. The second kappa shape index (κ2) is 12.5. The molecule has 1 heterocycles. The van der Waals surface area contributed by atoms with Gasteiger partial charge in [0.2, 0.25) is 5.90 Å². The van der Waals surface area contributed by atoms with Gasteiger partial charge in [-0.05, 0) is 22.8 Å². The number of benzene rings is 3. The standard InChI is InChI=1S/C29H29N3O5/c30-24(16-27(33)34)28(36-18-20-9-3-1-4-10-20)32-26(29(35)37-19-21-11-5-2-6-12-21)15-22-17-31-25-14-8-7-13-23(22)25/h1-14,17,24,26,31H,15-16,18-19,30H2,(H,33,34). The third-order valence-corrected chi connectivity index (χ3v) is 5.81. The molecule has 0 saturated heterocycles. The van der Waals surface area contributed by atoms with E-state index >= 15 is 0 Å². The third kappa shape index (κ3) is 7.28. The molecular formula is C29H29N3O5. The van der Waals surface area contributed by atoms with Crippen LogP contribution in [0.4, 0.5) is 0 Å². The van der Waals surface area contributed by atoms with E-state index in [1.165, 1.54) is 0 Å². The first-order chi connectivity index (χ1) is 18.0. The Morgan fingerprint density at radius 3 is 2.11 bits per heavy atom. The Morgan fingerprint density at radius 1 is 0.865 bits per heavy atom. The van der Waals surface area contributed by atoms with Crippen LogP contribution in [0.5, 0.6) is 0 Å². The van der Waals surface area contributed by atoms with E-state index in [9.17, 15) is 14.7 Å². The molecule has 0 amide bonds. The predicted octanol–water partition coefficient (Wildman–Crippen LogP) is 4.24. The molecule has 0 spiro atoms. The molecule has 0 aliphatic heterocycles. The Morgan fingerprint density at radius 2 is 1.46 bits per heavy atom. The number of aliphatic imine (C=N–C) groups is 1. The van der Waals surface area contributed by atoms with Crippen molar-refractivity contribution >= 4 is 28.7 Å². The van der Waals surface area contributed by atoms with Crippen LogP contribution in [0.3, 0.4) is 0 Å². The van der Waals surface area contributed by atoms with Gasteiger partial charge in [-0.25, -0.2) is 9.79 Å². The van der Waals surface area contributed by atoms with Crippen molar-refractivity contribution < 1.29 is 24.2 Å². The van der Waals surface area contributed by atoms with Gasteiger partial charge in [-0.1, -0.05) is 78.9 Å². The van der Waals surface area contributed by atoms with E-state index in [4.69, 9.17) is 15.2 Å². The molecule has 0 aliphatic carbocycles. The number of ether oxygens (including phenoxy) is 2. The lowest BCUT2D eigenvalue weighted by molar-refractivity contribution is -0.146. The summed E-state index contributed by atoms with van der Waals surface area (Å²) in [6.45, 7) is 0.215. The van der Waals surface area contributed by atoms with E-state index in [-0.39, 0.29) is 25.5 Å². The highest BCUT2D eigenvalue weighted by atomic mass is 16.5.